The maximum Gasteiger partial charge on any atom is 0.160 e. The van der Waals surface area contributed by atoms with Gasteiger partial charge in [-0.1, -0.05) is 133 Å². The fraction of sp³-hybridized carbons (Fsp3) is 0. The summed E-state index contributed by atoms with van der Waals surface area (Å²) in [5.74, 6) is 0.667. The summed E-state index contributed by atoms with van der Waals surface area (Å²) in [6, 6.07) is 68.3. The fourth-order valence-electron chi connectivity index (χ4n) is 8.74. The molecule has 8 aromatic carbocycles. The zero-order valence-corrected chi connectivity index (χ0v) is 30.7. The lowest BCUT2D eigenvalue weighted by molar-refractivity contribution is 0.671. The summed E-state index contributed by atoms with van der Waals surface area (Å²) in [5.41, 5.74) is 13.1. The van der Waals surface area contributed by atoms with Crippen molar-refractivity contribution in [3.63, 3.8) is 0 Å². The highest BCUT2D eigenvalue weighted by molar-refractivity contribution is 6.24. The summed E-state index contributed by atoms with van der Waals surface area (Å²) in [6.07, 6.45) is 0. The van der Waals surface area contributed by atoms with Crippen LogP contribution in [-0.4, -0.2) is 19.1 Å². The third-order valence-electron chi connectivity index (χ3n) is 11.3. The van der Waals surface area contributed by atoms with E-state index >= 15 is 0 Å². The number of aromatic nitrogens is 4. The number of nitrogens with zero attached hydrogens (tertiary/aromatic N) is 4. The standard InChI is InChI=1S/C52H32N4O/c1-4-15-33(16-5-1)44-32-45(34-17-6-2-7-18-34)54-52(53-44)35-19-14-22-37(29-35)56-48-30-42-38-23-10-12-25-46(38)55(36-20-8-3-9-21-36)47(42)31-43(48)40-27-28-41-39-24-11-13-26-49(39)57-51(41)50(40)56/h1-32H. The minimum Gasteiger partial charge on any atom is -0.454 e. The van der Waals surface area contributed by atoms with Crippen LogP contribution in [0, 0.1) is 0 Å². The van der Waals surface area contributed by atoms with Gasteiger partial charge < -0.3 is 13.6 Å². The van der Waals surface area contributed by atoms with Crippen molar-refractivity contribution >= 4 is 65.6 Å². The van der Waals surface area contributed by atoms with Crippen molar-refractivity contribution in [2.45, 2.75) is 0 Å². The first-order valence-corrected chi connectivity index (χ1v) is 19.2. The summed E-state index contributed by atoms with van der Waals surface area (Å²) in [5, 5.41) is 6.87. The summed E-state index contributed by atoms with van der Waals surface area (Å²) < 4.78 is 11.6. The number of benzene rings is 8. The van der Waals surface area contributed by atoms with Crippen LogP contribution in [0.15, 0.2) is 199 Å². The van der Waals surface area contributed by atoms with Crippen molar-refractivity contribution in [1.82, 2.24) is 19.1 Å². The summed E-state index contributed by atoms with van der Waals surface area (Å²) >= 11 is 0. The maximum absolute atomic E-state index is 6.79. The Morgan fingerprint density at radius 1 is 0.351 bits per heavy atom. The van der Waals surface area contributed by atoms with Gasteiger partial charge in [-0.3, -0.25) is 0 Å². The van der Waals surface area contributed by atoms with E-state index in [0.29, 0.717) is 5.82 Å². The van der Waals surface area contributed by atoms with Crippen LogP contribution >= 0.6 is 0 Å². The molecule has 5 heteroatoms. The molecule has 0 amide bonds. The average Bonchev–Trinajstić information content (AvgIpc) is 3.94. The maximum atomic E-state index is 6.79. The van der Waals surface area contributed by atoms with E-state index in [2.05, 4.69) is 185 Å². The van der Waals surface area contributed by atoms with Crippen molar-refractivity contribution in [3.05, 3.63) is 194 Å². The van der Waals surface area contributed by atoms with Gasteiger partial charge in [0.15, 0.2) is 11.4 Å². The van der Waals surface area contributed by atoms with Crippen molar-refractivity contribution in [3.8, 4) is 45.3 Å². The second kappa shape index (κ2) is 12.4. The Labute approximate surface area is 327 Å². The molecule has 4 aromatic heterocycles. The molecule has 0 spiro atoms. The van der Waals surface area contributed by atoms with Gasteiger partial charge in [0, 0.05) is 60.4 Å². The van der Waals surface area contributed by atoms with Crippen LogP contribution in [0.3, 0.4) is 0 Å². The molecule has 12 aromatic rings. The molecular formula is C52H32N4O. The van der Waals surface area contributed by atoms with Gasteiger partial charge in [0.2, 0.25) is 0 Å². The first-order chi connectivity index (χ1) is 28.3. The Kier molecular flexibility index (Phi) is 6.86. The monoisotopic (exact) mass is 728 g/mol. The second-order valence-corrected chi connectivity index (χ2v) is 14.6. The van der Waals surface area contributed by atoms with Crippen molar-refractivity contribution in [2.24, 2.45) is 0 Å². The number of para-hydroxylation sites is 3. The molecule has 0 unspecified atom stereocenters. The van der Waals surface area contributed by atoms with Gasteiger partial charge in [-0.15, -0.1) is 0 Å². The van der Waals surface area contributed by atoms with Crippen molar-refractivity contribution < 1.29 is 4.42 Å². The van der Waals surface area contributed by atoms with Crippen LogP contribution in [0.2, 0.25) is 0 Å². The SMILES string of the molecule is c1ccc(-c2cc(-c3ccccc3)nc(-c3cccc(-n4c5cc6c7ccccc7n(-c7ccccc7)c6cc5c5ccc6c7ccccc7oc6c54)c3)n2)cc1. The van der Waals surface area contributed by atoms with E-state index in [4.69, 9.17) is 14.4 Å². The van der Waals surface area contributed by atoms with Crippen molar-refractivity contribution in [2.75, 3.05) is 0 Å². The molecule has 57 heavy (non-hydrogen) atoms. The zero-order chi connectivity index (χ0) is 37.5. The third kappa shape index (κ3) is 4.89. The molecule has 266 valence electrons. The molecule has 0 saturated heterocycles. The summed E-state index contributed by atoms with van der Waals surface area (Å²) in [4.78, 5) is 10.4. The van der Waals surface area contributed by atoms with E-state index in [1.165, 1.54) is 16.3 Å². The average molecular weight is 729 g/mol. The predicted octanol–water partition coefficient (Wildman–Crippen LogP) is 13.6. The molecule has 12 rings (SSSR count). The molecule has 0 aliphatic heterocycles. The lowest BCUT2D eigenvalue weighted by Gasteiger charge is -2.12. The van der Waals surface area contributed by atoms with Crippen LogP contribution < -0.4 is 0 Å². The van der Waals surface area contributed by atoms with Gasteiger partial charge in [0.1, 0.15) is 5.58 Å². The normalized spacial score (nSPS) is 11.9. The van der Waals surface area contributed by atoms with E-state index in [-0.39, 0.29) is 0 Å². The molecule has 0 aliphatic rings. The number of fused-ring (bicyclic) bond motifs is 10. The Bertz CT molecular complexity index is 3450. The lowest BCUT2D eigenvalue weighted by Crippen LogP contribution is -1.98. The van der Waals surface area contributed by atoms with E-state index in [0.717, 1.165) is 88.7 Å². The highest BCUT2D eigenvalue weighted by Crippen LogP contribution is 2.44. The molecule has 0 fully saturated rings. The Morgan fingerprint density at radius 2 is 0.912 bits per heavy atom. The molecule has 0 saturated carbocycles. The van der Waals surface area contributed by atoms with Gasteiger partial charge in [-0.05, 0) is 60.7 Å². The van der Waals surface area contributed by atoms with Gasteiger partial charge in [-0.2, -0.15) is 0 Å². The highest BCUT2D eigenvalue weighted by atomic mass is 16.3. The molecule has 0 bridgehead atoms. The van der Waals surface area contributed by atoms with Gasteiger partial charge in [0.25, 0.3) is 0 Å². The smallest absolute Gasteiger partial charge is 0.160 e. The van der Waals surface area contributed by atoms with Crippen molar-refractivity contribution in [1.29, 1.82) is 0 Å². The van der Waals surface area contributed by atoms with Gasteiger partial charge in [0.05, 0.1) is 33.5 Å². The Morgan fingerprint density at radius 3 is 1.65 bits per heavy atom. The molecule has 5 nitrogen and oxygen atoms in total. The minimum absolute atomic E-state index is 0.667. The van der Waals surface area contributed by atoms with Crippen LogP contribution in [0.1, 0.15) is 0 Å². The largest absolute Gasteiger partial charge is 0.454 e. The zero-order valence-electron chi connectivity index (χ0n) is 30.7. The molecular weight excluding hydrogens is 697 g/mol. The van der Waals surface area contributed by atoms with Crippen LogP contribution in [0.5, 0.6) is 0 Å². The molecule has 0 radical (unpaired) electrons. The highest BCUT2D eigenvalue weighted by Gasteiger charge is 2.22. The van der Waals surface area contributed by atoms with Gasteiger partial charge >= 0.3 is 0 Å². The Balaban J connectivity index is 1.17. The predicted molar refractivity (Wildman–Crippen MR) is 234 cm³/mol. The molecule has 0 aliphatic carbocycles. The van der Waals surface area contributed by atoms with E-state index in [9.17, 15) is 0 Å². The minimum atomic E-state index is 0.667. The number of hydrogen-bond donors (Lipinski definition) is 0. The first kappa shape index (κ1) is 31.6. The topological polar surface area (TPSA) is 48.8 Å². The van der Waals surface area contributed by atoms with Crippen LogP contribution in [0.25, 0.3) is 111 Å². The van der Waals surface area contributed by atoms with E-state index in [1.807, 2.05) is 18.2 Å². The fourth-order valence-corrected chi connectivity index (χ4v) is 8.74. The number of rotatable bonds is 5. The molecule has 4 heterocycles. The molecule has 0 atom stereocenters. The van der Waals surface area contributed by atoms with E-state index < -0.39 is 0 Å². The van der Waals surface area contributed by atoms with Gasteiger partial charge in [-0.25, -0.2) is 9.97 Å². The third-order valence-corrected chi connectivity index (χ3v) is 11.3. The van der Waals surface area contributed by atoms with Crippen LogP contribution in [-0.2, 0) is 0 Å². The summed E-state index contributed by atoms with van der Waals surface area (Å²) in [7, 11) is 0. The molecule has 0 N–H and O–H groups in total. The quantitative estimate of drug-likeness (QED) is 0.177. The summed E-state index contributed by atoms with van der Waals surface area (Å²) in [6.45, 7) is 0. The van der Waals surface area contributed by atoms with Crippen LogP contribution in [0.4, 0.5) is 0 Å². The second-order valence-electron chi connectivity index (χ2n) is 14.6. The lowest BCUT2D eigenvalue weighted by atomic mass is 10.1. The number of furan rings is 1. The van der Waals surface area contributed by atoms with E-state index in [1.54, 1.807) is 0 Å². The first-order valence-electron chi connectivity index (χ1n) is 19.2. The Hall–Kier alpha value is -7.76. The number of hydrogen-bond acceptors (Lipinski definition) is 3.